The molecule has 1 aliphatic heterocycles. The lowest BCUT2D eigenvalue weighted by Crippen LogP contribution is -2.34. The fourth-order valence-corrected chi connectivity index (χ4v) is 4.90. The molecule has 1 aromatic heterocycles. The van der Waals surface area contributed by atoms with Crippen LogP contribution in [0.2, 0.25) is 5.02 Å². The van der Waals surface area contributed by atoms with Crippen molar-refractivity contribution >= 4 is 45.9 Å². The van der Waals surface area contributed by atoms with Gasteiger partial charge in [0, 0.05) is 23.8 Å². The zero-order valence-electron chi connectivity index (χ0n) is 15.3. The minimum atomic E-state index is -0.691. The Morgan fingerprint density at radius 3 is 2.83 bits per heavy atom. The molecule has 0 bridgehead atoms. The van der Waals surface area contributed by atoms with Crippen LogP contribution < -0.4 is 5.63 Å². The number of carbonyl (C=O) groups is 1. The highest BCUT2D eigenvalue weighted by Gasteiger charge is 2.35. The van der Waals surface area contributed by atoms with E-state index in [1.165, 1.54) is 23.9 Å². The van der Waals surface area contributed by atoms with E-state index in [1.807, 2.05) is 6.07 Å². The predicted octanol–water partition coefficient (Wildman–Crippen LogP) is 4.55. The molecule has 9 heteroatoms. The summed E-state index contributed by atoms with van der Waals surface area (Å²) >= 11 is 7.38. The molecule has 1 saturated heterocycles. The van der Waals surface area contributed by atoms with Crippen molar-refractivity contribution in [2.24, 2.45) is 0 Å². The van der Waals surface area contributed by atoms with Crippen LogP contribution in [-0.4, -0.2) is 28.0 Å². The molecule has 4 rings (SSSR count). The normalized spacial score (nSPS) is 16.3. The van der Waals surface area contributed by atoms with Crippen LogP contribution in [0.1, 0.15) is 26.9 Å². The minimum Gasteiger partial charge on any atom is -0.422 e. The van der Waals surface area contributed by atoms with E-state index in [2.05, 4.69) is 0 Å². The smallest absolute Gasteiger partial charge is 0.349 e. The standard InChI is InChI=1S/C20H15ClN2O5S/c1-11-13-4-2-3-5-16(13)28-20(25)17(11)18(24)22-8-9-29-19(22)12-6-7-14(21)15(10-12)23(26)27/h2-7,10,19H,8-9H2,1H3. The third-order valence-electron chi connectivity index (χ3n) is 4.89. The number of nitro groups is 1. The second kappa shape index (κ2) is 7.53. The summed E-state index contributed by atoms with van der Waals surface area (Å²) in [6.07, 6.45) is 0. The van der Waals surface area contributed by atoms with Crippen LogP contribution in [0, 0.1) is 17.0 Å². The summed E-state index contributed by atoms with van der Waals surface area (Å²) in [5, 5.41) is 11.5. The Labute approximate surface area is 174 Å². The van der Waals surface area contributed by atoms with E-state index in [4.69, 9.17) is 16.0 Å². The molecule has 1 aliphatic rings. The first-order valence-electron chi connectivity index (χ1n) is 8.77. The first-order chi connectivity index (χ1) is 13.9. The van der Waals surface area contributed by atoms with Gasteiger partial charge >= 0.3 is 5.63 Å². The topological polar surface area (TPSA) is 93.7 Å². The van der Waals surface area contributed by atoms with Crippen LogP contribution in [0.3, 0.4) is 0 Å². The first kappa shape index (κ1) is 19.5. The summed E-state index contributed by atoms with van der Waals surface area (Å²) in [5.74, 6) is 0.194. The van der Waals surface area contributed by atoms with E-state index in [9.17, 15) is 19.7 Å². The summed E-state index contributed by atoms with van der Waals surface area (Å²) < 4.78 is 5.34. The maximum absolute atomic E-state index is 13.3. The molecule has 7 nitrogen and oxygen atoms in total. The Morgan fingerprint density at radius 2 is 2.07 bits per heavy atom. The van der Waals surface area contributed by atoms with Crippen LogP contribution in [0.4, 0.5) is 5.69 Å². The number of carbonyl (C=O) groups excluding carboxylic acids is 1. The monoisotopic (exact) mass is 430 g/mol. The number of aryl methyl sites for hydroxylation is 1. The average molecular weight is 431 g/mol. The molecule has 2 aromatic carbocycles. The SMILES string of the molecule is Cc1c(C(=O)N2CCSC2c2ccc(Cl)c([N+](=O)[O-])c2)c(=O)oc2ccccc12. The second-order valence-corrected chi connectivity index (χ2v) is 8.17. The number of thioether (sulfide) groups is 1. The van der Waals surface area contributed by atoms with Gasteiger partial charge in [0.25, 0.3) is 11.6 Å². The van der Waals surface area contributed by atoms with E-state index in [-0.39, 0.29) is 16.3 Å². The zero-order valence-corrected chi connectivity index (χ0v) is 16.8. The maximum Gasteiger partial charge on any atom is 0.349 e. The van der Waals surface area contributed by atoms with Crippen molar-refractivity contribution in [2.75, 3.05) is 12.3 Å². The highest BCUT2D eigenvalue weighted by Crippen LogP contribution is 2.41. The minimum absolute atomic E-state index is 0.0142. The van der Waals surface area contributed by atoms with Gasteiger partial charge in [-0.2, -0.15) is 0 Å². The van der Waals surface area contributed by atoms with Crippen LogP contribution in [0.25, 0.3) is 11.0 Å². The van der Waals surface area contributed by atoms with Gasteiger partial charge in [0.15, 0.2) is 0 Å². The van der Waals surface area contributed by atoms with Gasteiger partial charge in [-0.3, -0.25) is 14.9 Å². The van der Waals surface area contributed by atoms with Crippen LogP contribution in [-0.2, 0) is 0 Å². The quantitative estimate of drug-likeness (QED) is 0.343. The van der Waals surface area contributed by atoms with Crippen LogP contribution in [0.15, 0.2) is 51.7 Å². The summed E-state index contributed by atoms with van der Waals surface area (Å²) in [4.78, 5) is 38.1. The molecule has 0 radical (unpaired) electrons. The van der Waals surface area contributed by atoms with Gasteiger partial charge in [0.1, 0.15) is 21.5 Å². The second-order valence-electron chi connectivity index (χ2n) is 6.58. The lowest BCUT2D eigenvalue weighted by atomic mass is 10.0. The van der Waals surface area contributed by atoms with Gasteiger partial charge in [-0.05, 0) is 30.2 Å². The third kappa shape index (κ3) is 3.38. The Bertz CT molecular complexity index is 1210. The van der Waals surface area contributed by atoms with Gasteiger partial charge in [-0.1, -0.05) is 35.9 Å². The molecule has 29 heavy (non-hydrogen) atoms. The number of para-hydroxylation sites is 1. The lowest BCUT2D eigenvalue weighted by molar-refractivity contribution is -0.384. The van der Waals surface area contributed by atoms with E-state index < -0.39 is 21.8 Å². The van der Waals surface area contributed by atoms with Crippen molar-refractivity contribution in [1.82, 2.24) is 4.90 Å². The molecular weight excluding hydrogens is 416 g/mol. The van der Waals surface area contributed by atoms with Gasteiger partial charge in [0.05, 0.1) is 4.92 Å². The Kier molecular flexibility index (Phi) is 5.06. The molecule has 0 spiro atoms. The molecule has 1 fully saturated rings. The van der Waals surface area contributed by atoms with Crippen molar-refractivity contribution in [1.29, 1.82) is 0 Å². The number of hydrogen-bond acceptors (Lipinski definition) is 6. The van der Waals surface area contributed by atoms with Crippen molar-refractivity contribution in [3.05, 3.63) is 84.7 Å². The molecule has 3 aromatic rings. The number of amides is 1. The van der Waals surface area contributed by atoms with Gasteiger partial charge in [-0.15, -0.1) is 11.8 Å². The number of rotatable bonds is 3. The number of halogens is 1. The highest BCUT2D eigenvalue weighted by molar-refractivity contribution is 7.99. The fourth-order valence-electron chi connectivity index (χ4n) is 3.47. The Morgan fingerprint density at radius 1 is 1.31 bits per heavy atom. The van der Waals surface area contributed by atoms with E-state index in [0.29, 0.717) is 34.4 Å². The molecular formula is C20H15ClN2O5S. The zero-order chi connectivity index (χ0) is 20.7. The van der Waals surface area contributed by atoms with Crippen LogP contribution >= 0.6 is 23.4 Å². The number of nitrogens with zero attached hydrogens (tertiary/aromatic N) is 2. The number of fused-ring (bicyclic) bond motifs is 1. The maximum atomic E-state index is 13.3. The van der Waals surface area contributed by atoms with Crippen molar-refractivity contribution in [2.45, 2.75) is 12.3 Å². The van der Waals surface area contributed by atoms with Crippen molar-refractivity contribution < 1.29 is 14.1 Å². The Balaban J connectivity index is 1.76. The fraction of sp³-hybridized carbons (Fsp3) is 0.200. The van der Waals surface area contributed by atoms with Gasteiger partial charge in [-0.25, -0.2) is 4.79 Å². The van der Waals surface area contributed by atoms with Crippen molar-refractivity contribution in [3.63, 3.8) is 0 Å². The highest BCUT2D eigenvalue weighted by atomic mass is 35.5. The largest absolute Gasteiger partial charge is 0.422 e. The number of hydrogen-bond donors (Lipinski definition) is 0. The molecule has 2 heterocycles. The molecule has 148 valence electrons. The van der Waals surface area contributed by atoms with Crippen LogP contribution in [0.5, 0.6) is 0 Å². The summed E-state index contributed by atoms with van der Waals surface area (Å²) in [6.45, 7) is 2.13. The molecule has 0 N–H and O–H groups in total. The summed E-state index contributed by atoms with van der Waals surface area (Å²) in [6, 6.07) is 11.5. The number of benzene rings is 2. The Hall–Kier alpha value is -2.84. The first-order valence-corrected chi connectivity index (χ1v) is 10.2. The van der Waals surface area contributed by atoms with Gasteiger partial charge in [0.2, 0.25) is 0 Å². The predicted molar refractivity (Wildman–Crippen MR) is 112 cm³/mol. The van der Waals surface area contributed by atoms with Crippen molar-refractivity contribution in [3.8, 4) is 0 Å². The van der Waals surface area contributed by atoms with E-state index >= 15 is 0 Å². The lowest BCUT2D eigenvalue weighted by Gasteiger charge is -2.24. The average Bonchev–Trinajstić information content (AvgIpc) is 3.18. The van der Waals surface area contributed by atoms with E-state index in [1.54, 1.807) is 36.1 Å². The number of nitro benzene ring substituents is 1. The molecule has 1 atom stereocenters. The molecule has 1 amide bonds. The van der Waals surface area contributed by atoms with Gasteiger partial charge < -0.3 is 9.32 Å². The molecule has 0 saturated carbocycles. The summed E-state index contributed by atoms with van der Waals surface area (Å²) in [5.41, 5.74) is 0.639. The summed E-state index contributed by atoms with van der Waals surface area (Å²) in [7, 11) is 0. The van der Waals surface area contributed by atoms with E-state index in [0.717, 1.165) is 0 Å². The third-order valence-corrected chi connectivity index (χ3v) is 6.47. The molecule has 1 unspecified atom stereocenters. The molecule has 0 aliphatic carbocycles.